The molecule has 0 aliphatic heterocycles. The zero-order valence-corrected chi connectivity index (χ0v) is 16.7. The van der Waals surface area contributed by atoms with Gasteiger partial charge in [0, 0.05) is 22.0 Å². The van der Waals surface area contributed by atoms with Crippen LogP contribution in [0.15, 0.2) is 47.2 Å². The van der Waals surface area contributed by atoms with Gasteiger partial charge in [0.1, 0.15) is 11.5 Å². The maximum absolute atomic E-state index is 11.2. The van der Waals surface area contributed by atoms with E-state index in [1.165, 1.54) is 7.11 Å². The molecule has 0 amide bonds. The molecule has 1 aromatic heterocycles. The summed E-state index contributed by atoms with van der Waals surface area (Å²) < 4.78 is 9.87. The van der Waals surface area contributed by atoms with E-state index in [9.17, 15) is 9.90 Å². The van der Waals surface area contributed by atoms with Crippen LogP contribution in [0.1, 0.15) is 11.1 Å². The van der Waals surface area contributed by atoms with E-state index in [0.29, 0.717) is 22.2 Å². The normalized spacial score (nSPS) is 10.6. The monoisotopic (exact) mass is 422 g/mol. The van der Waals surface area contributed by atoms with Crippen molar-refractivity contribution in [2.24, 2.45) is 0 Å². The molecule has 1 heterocycles. The fourth-order valence-electron chi connectivity index (χ4n) is 2.58. The third-order valence-corrected chi connectivity index (χ3v) is 5.33. The summed E-state index contributed by atoms with van der Waals surface area (Å²) in [4.78, 5) is 11.2. The Morgan fingerprint density at radius 2 is 1.89 bits per heavy atom. The van der Waals surface area contributed by atoms with E-state index < -0.39 is 5.97 Å². The number of carbonyl (C=O) groups excluding carboxylic acids is 1. The Balaban J connectivity index is 1.83. The Labute approximate surface area is 170 Å². The van der Waals surface area contributed by atoms with Gasteiger partial charge in [0.05, 0.1) is 7.11 Å². The second-order valence-electron chi connectivity index (χ2n) is 5.77. The van der Waals surface area contributed by atoms with Crippen molar-refractivity contribution in [1.29, 1.82) is 0 Å². The number of halogens is 2. The molecule has 0 saturated heterocycles. The molecule has 27 heavy (non-hydrogen) atoms. The minimum atomic E-state index is -0.489. The first kappa shape index (κ1) is 19.5. The molecule has 0 radical (unpaired) electrons. The van der Waals surface area contributed by atoms with Crippen molar-refractivity contribution in [1.82, 2.24) is 0 Å². The van der Waals surface area contributed by atoms with Gasteiger partial charge >= 0.3 is 5.97 Å². The quantitative estimate of drug-likeness (QED) is 0.527. The number of rotatable bonds is 6. The van der Waals surface area contributed by atoms with Crippen LogP contribution in [-0.4, -0.2) is 24.8 Å². The first-order chi connectivity index (χ1) is 13.0. The highest BCUT2D eigenvalue weighted by Gasteiger charge is 2.13. The van der Waals surface area contributed by atoms with Gasteiger partial charge in [0.2, 0.25) is 0 Å². The van der Waals surface area contributed by atoms with E-state index in [4.69, 9.17) is 27.9 Å². The number of benzene rings is 2. The topological polar surface area (TPSA) is 55.8 Å². The number of hydrogen-bond acceptors (Lipinski definition) is 5. The van der Waals surface area contributed by atoms with Crippen molar-refractivity contribution in [3.63, 3.8) is 0 Å². The first-order valence-corrected chi connectivity index (χ1v) is 9.70. The van der Waals surface area contributed by atoms with Gasteiger partial charge in [-0.05, 0) is 57.8 Å². The highest BCUT2D eigenvalue weighted by atomic mass is 35.5. The first-order valence-electron chi connectivity index (χ1n) is 8.00. The highest BCUT2D eigenvalue weighted by molar-refractivity contribution is 7.08. The van der Waals surface area contributed by atoms with Gasteiger partial charge in [-0.1, -0.05) is 29.3 Å². The number of esters is 1. The van der Waals surface area contributed by atoms with Crippen LogP contribution < -0.4 is 4.74 Å². The maximum atomic E-state index is 11.2. The van der Waals surface area contributed by atoms with Crippen molar-refractivity contribution in [3.05, 3.63) is 68.3 Å². The molecule has 0 bridgehead atoms. The lowest BCUT2D eigenvalue weighted by molar-refractivity contribution is -0.142. The van der Waals surface area contributed by atoms with E-state index in [1.54, 1.807) is 29.5 Å². The van der Waals surface area contributed by atoms with E-state index in [2.05, 4.69) is 4.74 Å². The smallest absolute Gasteiger partial charge is 0.343 e. The third kappa shape index (κ3) is 4.75. The number of aromatic hydroxyl groups is 1. The minimum absolute atomic E-state index is 0.218. The molecule has 0 aliphatic rings. The molecule has 0 fully saturated rings. The summed E-state index contributed by atoms with van der Waals surface area (Å²) in [5, 5.41) is 15.0. The van der Waals surface area contributed by atoms with Crippen molar-refractivity contribution in [2.45, 2.75) is 6.42 Å². The number of methoxy groups -OCH3 is 1. The molecule has 140 valence electrons. The van der Waals surface area contributed by atoms with Gasteiger partial charge < -0.3 is 14.6 Å². The van der Waals surface area contributed by atoms with Crippen LogP contribution in [0.4, 0.5) is 0 Å². The van der Waals surface area contributed by atoms with Crippen molar-refractivity contribution < 1.29 is 19.4 Å². The predicted octanol–water partition coefficient (Wildman–Crippen LogP) is 5.57. The second kappa shape index (κ2) is 8.65. The molecule has 1 N–H and O–H groups in total. The number of phenolic OH excluding ortho intramolecular Hbond substituents is 1. The summed E-state index contributed by atoms with van der Waals surface area (Å²) in [6.07, 6.45) is 0.492. The van der Waals surface area contributed by atoms with E-state index in [1.807, 2.05) is 29.0 Å². The number of phenols is 1. The Kier molecular flexibility index (Phi) is 6.26. The Morgan fingerprint density at radius 1 is 1.15 bits per heavy atom. The van der Waals surface area contributed by atoms with Gasteiger partial charge in [0.15, 0.2) is 6.61 Å². The number of thiophene rings is 1. The van der Waals surface area contributed by atoms with Crippen LogP contribution >= 0.6 is 34.5 Å². The average molecular weight is 423 g/mol. The van der Waals surface area contributed by atoms with Gasteiger partial charge in [-0.2, -0.15) is 11.3 Å². The Hall–Kier alpha value is -2.21. The fourth-order valence-corrected chi connectivity index (χ4v) is 3.84. The van der Waals surface area contributed by atoms with E-state index in [0.717, 1.165) is 22.3 Å². The lowest BCUT2D eigenvalue weighted by Crippen LogP contribution is -2.12. The summed E-state index contributed by atoms with van der Waals surface area (Å²) in [7, 11) is 1.29. The zero-order valence-electron chi connectivity index (χ0n) is 14.4. The van der Waals surface area contributed by atoms with Crippen molar-refractivity contribution >= 4 is 40.5 Å². The largest absolute Gasteiger partial charge is 0.507 e. The van der Waals surface area contributed by atoms with Gasteiger partial charge in [0.25, 0.3) is 0 Å². The number of ether oxygens (including phenoxy) is 2. The second-order valence-corrected chi connectivity index (χ2v) is 7.37. The molecule has 4 nitrogen and oxygen atoms in total. The molecule has 3 aromatic rings. The molecule has 3 rings (SSSR count). The van der Waals surface area contributed by atoms with Gasteiger partial charge in [-0.25, -0.2) is 4.79 Å². The number of hydrogen-bond donors (Lipinski definition) is 1. The van der Waals surface area contributed by atoms with Crippen LogP contribution in [0.2, 0.25) is 10.0 Å². The lowest BCUT2D eigenvalue weighted by Gasteiger charge is -2.12. The minimum Gasteiger partial charge on any atom is -0.507 e. The predicted molar refractivity (Wildman–Crippen MR) is 108 cm³/mol. The SMILES string of the molecule is COC(=O)COc1cc(Cl)c(Cc2ccc(O)c(-c3ccsc3)c2)c(Cl)c1. The standard InChI is InChI=1S/C20H16Cl2O4S/c1-25-20(24)10-26-14-8-17(21)16(18(22)9-14)7-12-2-3-19(23)15(6-12)13-4-5-27-11-13/h2-6,8-9,11,23H,7,10H2,1H3. The summed E-state index contributed by atoms with van der Waals surface area (Å²) in [5.41, 5.74) is 3.42. The number of carbonyl (C=O) groups is 1. The van der Waals surface area contributed by atoms with Crippen LogP contribution in [0.25, 0.3) is 11.1 Å². The molecule has 2 aromatic carbocycles. The molecule has 0 atom stereocenters. The molecule has 7 heteroatoms. The molecule has 0 spiro atoms. The van der Waals surface area contributed by atoms with Crippen LogP contribution in [0.3, 0.4) is 0 Å². The van der Waals surface area contributed by atoms with E-state index in [-0.39, 0.29) is 12.4 Å². The zero-order chi connectivity index (χ0) is 19.4. The Morgan fingerprint density at radius 3 is 2.52 bits per heavy atom. The summed E-state index contributed by atoms with van der Waals surface area (Å²) >= 11 is 14.3. The maximum Gasteiger partial charge on any atom is 0.343 e. The Bertz CT molecular complexity index is 932. The molecule has 0 saturated carbocycles. The molecule has 0 unspecified atom stereocenters. The third-order valence-electron chi connectivity index (χ3n) is 3.97. The lowest BCUT2D eigenvalue weighted by atomic mass is 9.99. The molecular weight excluding hydrogens is 407 g/mol. The molecule has 0 aliphatic carbocycles. The van der Waals surface area contributed by atoms with Crippen LogP contribution in [0.5, 0.6) is 11.5 Å². The molecular formula is C20H16Cl2O4S. The van der Waals surface area contributed by atoms with Crippen molar-refractivity contribution in [3.8, 4) is 22.6 Å². The highest BCUT2D eigenvalue weighted by Crippen LogP contribution is 2.35. The summed E-state index contributed by atoms with van der Waals surface area (Å²) in [6, 6.07) is 10.6. The summed E-state index contributed by atoms with van der Waals surface area (Å²) in [5.74, 6) is 0.126. The summed E-state index contributed by atoms with van der Waals surface area (Å²) in [6.45, 7) is -0.218. The fraction of sp³-hybridized carbons (Fsp3) is 0.150. The van der Waals surface area contributed by atoms with E-state index >= 15 is 0 Å². The van der Waals surface area contributed by atoms with Crippen molar-refractivity contribution in [2.75, 3.05) is 13.7 Å². The van der Waals surface area contributed by atoms with Crippen LogP contribution in [0, 0.1) is 0 Å². The van der Waals surface area contributed by atoms with Gasteiger partial charge in [-0.15, -0.1) is 0 Å². The van der Waals surface area contributed by atoms with Gasteiger partial charge in [-0.3, -0.25) is 0 Å². The van der Waals surface area contributed by atoms with Crippen LogP contribution in [-0.2, 0) is 16.0 Å². The average Bonchev–Trinajstić information content (AvgIpc) is 3.18.